The van der Waals surface area contributed by atoms with Gasteiger partial charge in [0.15, 0.2) is 0 Å². The van der Waals surface area contributed by atoms with Crippen LogP contribution in [-0.4, -0.2) is 11.0 Å². The molecule has 3 heteroatoms. The van der Waals surface area contributed by atoms with Gasteiger partial charge < -0.3 is 10.4 Å². The Bertz CT molecular complexity index is 378. The van der Waals surface area contributed by atoms with E-state index >= 15 is 0 Å². The largest absolute Gasteiger partial charge is 0.508 e. The van der Waals surface area contributed by atoms with Gasteiger partial charge in [-0.1, -0.05) is 32.1 Å². The van der Waals surface area contributed by atoms with E-state index in [1.54, 1.807) is 24.3 Å². The Kier molecular flexibility index (Phi) is 4.62. The smallest absolute Gasteiger partial charge is 0.227 e. The summed E-state index contributed by atoms with van der Waals surface area (Å²) in [6.07, 6.45) is 8.15. The van der Waals surface area contributed by atoms with Gasteiger partial charge in [-0.05, 0) is 37.1 Å². The number of rotatable bonds is 2. The summed E-state index contributed by atoms with van der Waals surface area (Å²) < 4.78 is 0. The zero-order valence-electron chi connectivity index (χ0n) is 10.7. The number of amides is 1. The van der Waals surface area contributed by atoms with Crippen LogP contribution in [0.4, 0.5) is 5.69 Å². The third-order valence-electron chi connectivity index (χ3n) is 3.61. The van der Waals surface area contributed by atoms with E-state index in [2.05, 4.69) is 5.32 Å². The van der Waals surface area contributed by atoms with Gasteiger partial charge in [0.05, 0.1) is 0 Å². The first-order chi connectivity index (χ1) is 8.75. The maximum Gasteiger partial charge on any atom is 0.227 e. The summed E-state index contributed by atoms with van der Waals surface area (Å²) in [5, 5.41) is 12.1. The van der Waals surface area contributed by atoms with Crippen molar-refractivity contribution >= 4 is 11.6 Å². The van der Waals surface area contributed by atoms with Crippen LogP contribution in [0.25, 0.3) is 0 Å². The number of hydrogen-bond acceptors (Lipinski definition) is 2. The molecule has 1 saturated carbocycles. The lowest BCUT2D eigenvalue weighted by Gasteiger charge is -2.19. The molecule has 1 aromatic carbocycles. The number of aromatic hydroxyl groups is 1. The highest BCUT2D eigenvalue weighted by Crippen LogP contribution is 2.24. The van der Waals surface area contributed by atoms with E-state index in [-0.39, 0.29) is 17.6 Å². The molecular formula is C15H21NO2. The van der Waals surface area contributed by atoms with Crippen molar-refractivity contribution < 1.29 is 9.90 Å². The van der Waals surface area contributed by atoms with Crippen LogP contribution in [0.3, 0.4) is 0 Å². The van der Waals surface area contributed by atoms with Crippen LogP contribution < -0.4 is 5.32 Å². The summed E-state index contributed by atoms with van der Waals surface area (Å²) in [4.78, 5) is 12.1. The molecule has 2 N–H and O–H groups in total. The number of benzene rings is 1. The summed E-state index contributed by atoms with van der Waals surface area (Å²) in [5.41, 5.74) is 0.764. The number of nitrogens with one attached hydrogen (secondary N) is 1. The molecule has 1 fully saturated rings. The molecule has 0 spiro atoms. The second-order valence-corrected chi connectivity index (χ2v) is 5.08. The number of phenolic OH excluding ortho intramolecular Hbond substituents is 1. The minimum absolute atomic E-state index is 0.127. The molecule has 1 aromatic rings. The molecule has 0 aromatic heterocycles. The van der Waals surface area contributed by atoms with Gasteiger partial charge in [-0.25, -0.2) is 0 Å². The fraction of sp³-hybridized carbons (Fsp3) is 0.533. The van der Waals surface area contributed by atoms with Crippen molar-refractivity contribution in [3.63, 3.8) is 0 Å². The molecular weight excluding hydrogens is 226 g/mol. The number of anilines is 1. The zero-order chi connectivity index (χ0) is 12.8. The Hall–Kier alpha value is -1.51. The van der Waals surface area contributed by atoms with E-state index < -0.39 is 0 Å². The predicted octanol–water partition coefficient (Wildman–Crippen LogP) is 3.69. The van der Waals surface area contributed by atoms with Gasteiger partial charge in [0.2, 0.25) is 5.91 Å². The van der Waals surface area contributed by atoms with Crippen molar-refractivity contribution in [3.8, 4) is 5.75 Å². The fourth-order valence-electron chi connectivity index (χ4n) is 2.51. The van der Waals surface area contributed by atoms with E-state index in [0.717, 1.165) is 31.4 Å². The summed E-state index contributed by atoms with van der Waals surface area (Å²) in [5.74, 6) is 0.501. The van der Waals surface area contributed by atoms with Crippen LogP contribution in [0.5, 0.6) is 5.75 Å². The Balaban J connectivity index is 1.91. The molecule has 0 unspecified atom stereocenters. The van der Waals surface area contributed by atoms with Crippen LogP contribution >= 0.6 is 0 Å². The van der Waals surface area contributed by atoms with Crippen molar-refractivity contribution in [2.75, 3.05) is 5.32 Å². The molecule has 1 amide bonds. The zero-order valence-corrected chi connectivity index (χ0v) is 10.7. The molecule has 0 bridgehead atoms. The van der Waals surface area contributed by atoms with Crippen LogP contribution in [0, 0.1) is 5.92 Å². The summed E-state index contributed by atoms with van der Waals surface area (Å²) in [7, 11) is 0. The lowest BCUT2D eigenvalue weighted by Crippen LogP contribution is -2.23. The molecule has 0 heterocycles. The first kappa shape index (κ1) is 12.9. The topological polar surface area (TPSA) is 49.3 Å². The van der Waals surface area contributed by atoms with Crippen LogP contribution in [0.1, 0.15) is 44.9 Å². The fourth-order valence-corrected chi connectivity index (χ4v) is 2.51. The minimum atomic E-state index is 0.127. The average Bonchev–Trinajstić information content (AvgIpc) is 2.31. The van der Waals surface area contributed by atoms with Crippen molar-refractivity contribution in [2.24, 2.45) is 5.92 Å². The minimum Gasteiger partial charge on any atom is -0.508 e. The van der Waals surface area contributed by atoms with Gasteiger partial charge in [-0.2, -0.15) is 0 Å². The van der Waals surface area contributed by atoms with Gasteiger partial charge in [0, 0.05) is 11.6 Å². The normalized spacial score (nSPS) is 17.8. The first-order valence-electron chi connectivity index (χ1n) is 6.85. The van der Waals surface area contributed by atoms with Crippen molar-refractivity contribution in [2.45, 2.75) is 44.9 Å². The Morgan fingerprint density at radius 3 is 2.17 bits per heavy atom. The lowest BCUT2D eigenvalue weighted by molar-refractivity contribution is -0.120. The quantitative estimate of drug-likeness (QED) is 0.783. The maximum atomic E-state index is 12.1. The third kappa shape index (κ3) is 3.76. The summed E-state index contributed by atoms with van der Waals surface area (Å²) >= 11 is 0. The highest BCUT2D eigenvalue weighted by molar-refractivity contribution is 5.92. The highest BCUT2D eigenvalue weighted by Gasteiger charge is 2.19. The molecule has 98 valence electrons. The molecule has 0 atom stereocenters. The molecule has 1 aliphatic carbocycles. The Morgan fingerprint density at radius 1 is 1.00 bits per heavy atom. The van der Waals surface area contributed by atoms with Crippen LogP contribution in [0.2, 0.25) is 0 Å². The van der Waals surface area contributed by atoms with E-state index in [1.807, 2.05) is 0 Å². The van der Waals surface area contributed by atoms with E-state index in [0.29, 0.717) is 0 Å². The standard InChI is InChI=1S/C15H21NO2/c17-14-10-8-13(9-11-14)16-15(18)12-6-4-2-1-3-5-7-12/h8-12,17H,1-7H2,(H,16,18). The van der Waals surface area contributed by atoms with Crippen molar-refractivity contribution in [1.82, 2.24) is 0 Å². The summed E-state index contributed by atoms with van der Waals surface area (Å²) in [6, 6.07) is 6.65. The second-order valence-electron chi connectivity index (χ2n) is 5.08. The lowest BCUT2D eigenvalue weighted by atomic mass is 9.90. The monoisotopic (exact) mass is 247 g/mol. The Labute approximate surface area is 108 Å². The van der Waals surface area contributed by atoms with Crippen molar-refractivity contribution in [3.05, 3.63) is 24.3 Å². The molecule has 3 nitrogen and oxygen atoms in total. The third-order valence-corrected chi connectivity index (χ3v) is 3.61. The average molecular weight is 247 g/mol. The number of hydrogen-bond donors (Lipinski definition) is 2. The highest BCUT2D eigenvalue weighted by atomic mass is 16.3. The van der Waals surface area contributed by atoms with Gasteiger partial charge in [0.1, 0.15) is 5.75 Å². The van der Waals surface area contributed by atoms with E-state index in [4.69, 9.17) is 0 Å². The van der Waals surface area contributed by atoms with Gasteiger partial charge >= 0.3 is 0 Å². The van der Waals surface area contributed by atoms with Crippen LogP contribution in [-0.2, 0) is 4.79 Å². The second kappa shape index (κ2) is 6.43. The van der Waals surface area contributed by atoms with Gasteiger partial charge in [0.25, 0.3) is 0 Å². The first-order valence-corrected chi connectivity index (χ1v) is 6.85. The van der Waals surface area contributed by atoms with Gasteiger partial charge in [-0.3, -0.25) is 4.79 Å². The molecule has 1 aliphatic rings. The summed E-state index contributed by atoms with van der Waals surface area (Å²) in [6.45, 7) is 0. The number of phenols is 1. The van der Waals surface area contributed by atoms with E-state index in [9.17, 15) is 9.90 Å². The van der Waals surface area contributed by atoms with E-state index in [1.165, 1.54) is 19.3 Å². The Morgan fingerprint density at radius 2 is 1.56 bits per heavy atom. The molecule has 0 saturated heterocycles. The van der Waals surface area contributed by atoms with Crippen LogP contribution in [0.15, 0.2) is 24.3 Å². The van der Waals surface area contributed by atoms with Gasteiger partial charge in [-0.15, -0.1) is 0 Å². The number of carbonyl (C=O) groups excluding carboxylic acids is 1. The SMILES string of the molecule is O=C(Nc1ccc(O)cc1)C1CCCCCCC1. The van der Waals surface area contributed by atoms with Crippen molar-refractivity contribution in [1.29, 1.82) is 0 Å². The molecule has 0 aliphatic heterocycles. The maximum absolute atomic E-state index is 12.1. The number of carbonyl (C=O) groups is 1. The molecule has 2 rings (SSSR count). The molecule has 0 radical (unpaired) electrons. The molecule has 18 heavy (non-hydrogen) atoms. The predicted molar refractivity (Wildman–Crippen MR) is 72.5 cm³/mol.